The van der Waals surface area contributed by atoms with Gasteiger partial charge in [0.25, 0.3) is 0 Å². The topological polar surface area (TPSA) is 20.2 Å². The molecule has 100 valence electrons. The van der Waals surface area contributed by atoms with E-state index in [0.29, 0.717) is 29.9 Å². The van der Waals surface area contributed by atoms with Crippen LogP contribution in [0, 0.1) is 0 Å². The van der Waals surface area contributed by atoms with Crippen LogP contribution in [0.4, 0.5) is 0 Å². The molecule has 0 aliphatic heterocycles. The summed E-state index contributed by atoms with van der Waals surface area (Å²) in [6.07, 6.45) is -0.411. The first-order valence-electron chi connectivity index (χ1n) is 6.13. The average molecular weight is 384 g/mol. The molecule has 2 aromatic rings. The molecule has 1 unspecified atom stereocenters. The van der Waals surface area contributed by atoms with Crippen molar-refractivity contribution >= 4 is 29.9 Å². The number of benzene rings is 2. The monoisotopic (exact) mass is 386 g/mol. The van der Waals surface area contributed by atoms with Crippen LogP contribution < -0.4 is 0 Å². The van der Waals surface area contributed by atoms with Crippen LogP contribution in [0.3, 0.4) is 0 Å². The van der Waals surface area contributed by atoms with Crippen LogP contribution in [-0.2, 0) is 3.21 Å². The van der Waals surface area contributed by atoms with Gasteiger partial charge in [-0.2, -0.15) is 0 Å². The average Bonchev–Trinajstić information content (AvgIpc) is 2.51. The molecule has 0 saturated heterocycles. The van der Waals surface area contributed by atoms with Gasteiger partial charge in [0.2, 0.25) is 0 Å². The van der Waals surface area contributed by atoms with E-state index in [-0.39, 0.29) is 3.21 Å². The summed E-state index contributed by atoms with van der Waals surface area (Å²) in [5.74, 6) is 4.47. The van der Waals surface area contributed by atoms with E-state index in [1.54, 1.807) is 0 Å². The number of hydrogen-bond acceptors (Lipinski definition) is 1. The van der Waals surface area contributed by atoms with E-state index >= 15 is 0 Å². The summed E-state index contributed by atoms with van der Waals surface area (Å²) in [6, 6.07) is 20.5. The molecule has 0 aliphatic carbocycles. The third kappa shape index (κ3) is 2.97. The Balaban J connectivity index is 2.45. The Morgan fingerprint density at radius 1 is 0.842 bits per heavy atom. The van der Waals surface area contributed by atoms with Crippen LogP contribution in [-0.4, -0.2) is 35.0 Å². The molecular weight excluding hydrogens is 366 g/mol. The molecule has 2 rings (SSSR count). The molecule has 1 atom stereocenters. The number of aliphatic hydroxyl groups is 1. The van der Waals surface area contributed by atoms with Crippen LogP contribution in [0.15, 0.2) is 60.7 Å². The SMILES string of the molecule is C[Se]C([Se]C)(c1ccccc1)C(O)c1ccccc1. The predicted molar refractivity (Wildman–Crippen MR) is 82.8 cm³/mol. The molecule has 1 N–H and O–H groups in total. The van der Waals surface area contributed by atoms with Crippen LogP contribution in [0.5, 0.6) is 0 Å². The van der Waals surface area contributed by atoms with E-state index in [9.17, 15) is 5.11 Å². The van der Waals surface area contributed by atoms with Crippen LogP contribution >= 0.6 is 0 Å². The first kappa shape index (κ1) is 14.8. The fourth-order valence-corrected chi connectivity index (χ4v) is 7.46. The molecule has 0 amide bonds. The van der Waals surface area contributed by atoms with E-state index in [0.717, 1.165) is 5.56 Å². The van der Waals surface area contributed by atoms with Gasteiger partial charge in [-0.25, -0.2) is 0 Å². The Hall–Kier alpha value is -0.561. The Morgan fingerprint density at radius 2 is 1.32 bits per heavy atom. The summed E-state index contributed by atoms with van der Waals surface area (Å²) >= 11 is 0.691. The second-order valence-corrected chi connectivity index (χ2v) is 9.98. The van der Waals surface area contributed by atoms with E-state index in [2.05, 4.69) is 35.9 Å². The molecule has 2 aromatic carbocycles. The Labute approximate surface area is 127 Å². The van der Waals surface area contributed by atoms with Gasteiger partial charge in [0, 0.05) is 0 Å². The van der Waals surface area contributed by atoms with Crippen molar-refractivity contribution in [2.45, 2.75) is 21.0 Å². The molecular formula is C16H18OSe2. The normalized spacial score (nSPS) is 13.2. The van der Waals surface area contributed by atoms with Gasteiger partial charge in [-0.15, -0.1) is 0 Å². The molecule has 0 heterocycles. The number of rotatable bonds is 5. The van der Waals surface area contributed by atoms with Gasteiger partial charge < -0.3 is 0 Å². The maximum absolute atomic E-state index is 10.9. The van der Waals surface area contributed by atoms with E-state index in [1.807, 2.05) is 36.4 Å². The summed E-state index contributed by atoms with van der Waals surface area (Å²) in [5.41, 5.74) is 2.30. The van der Waals surface area contributed by atoms with Crippen molar-refractivity contribution in [3.63, 3.8) is 0 Å². The second kappa shape index (κ2) is 6.74. The molecule has 3 heteroatoms. The standard InChI is InChI=1S/C16H18OSe2/c1-18-16(19-2,14-11-7-4-8-12-14)15(17)13-9-5-3-6-10-13/h3-12,15,17H,1-2H3. The quantitative estimate of drug-likeness (QED) is 0.786. The van der Waals surface area contributed by atoms with Gasteiger partial charge in [-0.1, -0.05) is 0 Å². The Bertz CT molecular complexity index is 495. The summed E-state index contributed by atoms with van der Waals surface area (Å²) in [4.78, 5) is 0. The van der Waals surface area contributed by atoms with Crippen molar-refractivity contribution in [2.24, 2.45) is 0 Å². The van der Waals surface area contributed by atoms with Crippen molar-refractivity contribution in [3.8, 4) is 0 Å². The van der Waals surface area contributed by atoms with Crippen LogP contribution in [0.1, 0.15) is 17.2 Å². The molecule has 1 nitrogen and oxygen atoms in total. The molecule has 0 radical (unpaired) electrons. The molecule has 19 heavy (non-hydrogen) atoms. The van der Waals surface area contributed by atoms with Crippen molar-refractivity contribution in [1.29, 1.82) is 0 Å². The third-order valence-electron chi connectivity index (χ3n) is 3.26. The van der Waals surface area contributed by atoms with Gasteiger partial charge >= 0.3 is 128 Å². The predicted octanol–water partition coefficient (Wildman–Crippen LogP) is 3.08. The molecule has 0 aromatic heterocycles. The van der Waals surface area contributed by atoms with Gasteiger partial charge in [0.05, 0.1) is 0 Å². The van der Waals surface area contributed by atoms with Crippen LogP contribution in [0.25, 0.3) is 0 Å². The fourth-order valence-electron chi connectivity index (χ4n) is 2.23. The van der Waals surface area contributed by atoms with Crippen molar-refractivity contribution in [3.05, 3.63) is 71.8 Å². The summed E-state index contributed by atoms with van der Waals surface area (Å²) in [7, 11) is 0. The van der Waals surface area contributed by atoms with Gasteiger partial charge in [-0.05, 0) is 0 Å². The Kier molecular flexibility index (Phi) is 5.27. The fraction of sp³-hybridized carbons (Fsp3) is 0.250. The van der Waals surface area contributed by atoms with E-state index in [4.69, 9.17) is 0 Å². The molecule has 0 bridgehead atoms. The molecule has 0 aliphatic rings. The first-order valence-corrected chi connectivity index (χ1v) is 11.3. The Morgan fingerprint density at radius 3 is 1.79 bits per heavy atom. The molecule has 0 saturated carbocycles. The molecule has 0 fully saturated rings. The summed E-state index contributed by atoms with van der Waals surface area (Å²) in [6.45, 7) is 0. The van der Waals surface area contributed by atoms with Crippen molar-refractivity contribution in [2.75, 3.05) is 0 Å². The minimum absolute atomic E-state index is 0.0807. The third-order valence-corrected chi connectivity index (χ3v) is 11.4. The number of aliphatic hydroxyl groups excluding tert-OH is 1. The van der Waals surface area contributed by atoms with Gasteiger partial charge in [0.1, 0.15) is 0 Å². The van der Waals surface area contributed by atoms with Crippen molar-refractivity contribution in [1.82, 2.24) is 0 Å². The summed E-state index contributed by atoms with van der Waals surface area (Å²) in [5, 5.41) is 10.9. The maximum atomic E-state index is 10.9. The van der Waals surface area contributed by atoms with E-state index in [1.165, 1.54) is 5.56 Å². The number of hydrogen-bond donors (Lipinski definition) is 1. The molecule has 0 spiro atoms. The van der Waals surface area contributed by atoms with Gasteiger partial charge in [0.15, 0.2) is 0 Å². The minimum atomic E-state index is -0.411. The first-order chi connectivity index (χ1) is 9.24. The summed E-state index contributed by atoms with van der Waals surface area (Å²) < 4.78 is -0.0807. The zero-order chi connectivity index (χ0) is 13.7. The second-order valence-electron chi connectivity index (χ2n) is 4.25. The zero-order valence-electron chi connectivity index (χ0n) is 11.1. The van der Waals surface area contributed by atoms with Crippen molar-refractivity contribution < 1.29 is 5.11 Å². The zero-order valence-corrected chi connectivity index (χ0v) is 14.5. The van der Waals surface area contributed by atoms with Gasteiger partial charge in [-0.3, -0.25) is 0 Å². The van der Waals surface area contributed by atoms with E-state index < -0.39 is 6.10 Å². The van der Waals surface area contributed by atoms with Crippen LogP contribution in [0.2, 0.25) is 11.6 Å².